The summed E-state index contributed by atoms with van der Waals surface area (Å²) >= 11 is 5.80. The van der Waals surface area contributed by atoms with Gasteiger partial charge in [0.1, 0.15) is 6.04 Å². The summed E-state index contributed by atoms with van der Waals surface area (Å²) in [6.45, 7) is 2.89. The number of rotatable bonds is 5. The van der Waals surface area contributed by atoms with Gasteiger partial charge in [0, 0.05) is 10.7 Å². The molecule has 0 spiro atoms. The quantitative estimate of drug-likeness (QED) is 0.599. The van der Waals surface area contributed by atoms with Gasteiger partial charge in [-0.05, 0) is 51.0 Å². The third kappa shape index (κ3) is 4.04. The van der Waals surface area contributed by atoms with Gasteiger partial charge in [-0.15, -0.1) is 0 Å². The van der Waals surface area contributed by atoms with Crippen LogP contribution in [0.4, 0.5) is 5.69 Å². The lowest BCUT2D eigenvalue weighted by Crippen LogP contribution is -2.46. The van der Waals surface area contributed by atoms with E-state index in [1.807, 2.05) is 0 Å². The van der Waals surface area contributed by atoms with Crippen LogP contribution in [0, 0.1) is 11.8 Å². The van der Waals surface area contributed by atoms with Crippen molar-refractivity contribution in [1.29, 1.82) is 0 Å². The van der Waals surface area contributed by atoms with E-state index in [1.54, 1.807) is 24.3 Å². The molecule has 3 amide bonds. The minimum Gasteiger partial charge on any atom is -0.451 e. The Bertz CT molecular complexity index is 770. The number of hydrogen-bond acceptors (Lipinski definition) is 5. The maximum atomic E-state index is 12.6. The number of carbonyl (C=O) groups excluding carboxylic acids is 4. The monoisotopic (exact) mass is 406 g/mol. The molecule has 3 rings (SSSR count). The van der Waals surface area contributed by atoms with Crippen molar-refractivity contribution in [2.75, 3.05) is 5.32 Å². The second-order valence-electron chi connectivity index (χ2n) is 7.30. The van der Waals surface area contributed by atoms with Crippen molar-refractivity contribution in [3.8, 4) is 0 Å². The molecule has 1 N–H and O–H groups in total. The van der Waals surface area contributed by atoms with Crippen LogP contribution in [0.25, 0.3) is 0 Å². The number of esters is 1. The molecule has 1 heterocycles. The fourth-order valence-corrected chi connectivity index (χ4v) is 3.90. The third-order valence-corrected chi connectivity index (χ3v) is 5.63. The number of imide groups is 1. The van der Waals surface area contributed by atoms with Crippen molar-refractivity contribution >= 4 is 41.0 Å². The molecule has 1 aromatic carbocycles. The average molecular weight is 407 g/mol. The van der Waals surface area contributed by atoms with E-state index in [2.05, 4.69) is 5.32 Å². The largest absolute Gasteiger partial charge is 0.451 e. The van der Waals surface area contributed by atoms with Gasteiger partial charge >= 0.3 is 5.97 Å². The van der Waals surface area contributed by atoms with E-state index < -0.39 is 24.0 Å². The Kier molecular flexibility index (Phi) is 6.03. The van der Waals surface area contributed by atoms with Crippen LogP contribution in [0.5, 0.6) is 0 Å². The first kappa shape index (κ1) is 20.3. The fourth-order valence-electron chi connectivity index (χ4n) is 3.78. The standard InChI is InChI=1S/C20H23ClN2O5/c1-11(23-18(25)15-5-3-4-6-16(15)19(23)26)20(27)28-12(2)17(24)22-14-9-7-13(21)8-10-14/h7-12,15-16H,3-6H2,1-2H3,(H,22,24)/t11-,12?,15?,16?/m0/s1. The Hall–Kier alpha value is -2.41. The number of nitrogens with one attached hydrogen (secondary N) is 1. The summed E-state index contributed by atoms with van der Waals surface area (Å²) in [4.78, 5) is 50.9. The van der Waals surface area contributed by atoms with Crippen LogP contribution in [-0.2, 0) is 23.9 Å². The molecule has 2 aliphatic rings. The molecule has 4 atom stereocenters. The normalized spacial score (nSPS) is 23.8. The van der Waals surface area contributed by atoms with Crippen molar-refractivity contribution in [3.05, 3.63) is 29.3 Å². The zero-order chi connectivity index (χ0) is 20.4. The first-order valence-electron chi connectivity index (χ1n) is 9.43. The molecule has 3 unspecified atom stereocenters. The number of fused-ring (bicyclic) bond motifs is 1. The molecule has 0 radical (unpaired) electrons. The number of benzene rings is 1. The highest BCUT2D eigenvalue weighted by atomic mass is 35.5. The SMILES string of the molecule is CC(OC(=O)[C@H](C)N1C(=O)C2CCCCC2C1=O)C(=O)Nc1ccc(Cl)cc1. The topological polar surface area (TPSA) is 92.8 Å². The molecule has 1 aliphatic carbocycles. The summed E-state index contributed by atoms with van der Waals surface area (Å²) in [5.74, 6) is -2.58. The molecule has 1 aliphatic heterocycles. The van der Waals surface area contributed by atoms with E-state index in [0.717, 1.165) is 17.7 Å². The smallest absolute Gasteiger partial charge is 0.329 e. The van der Waals surface area contributed by atoms with Gasteiger partial charge in [0.15, 0.2) is 6.10 Å². The Morgan fingerprint density at radius 1 is 1.07 bits per heavy atom. The highest BCUT2D eigenvalue weighted by Gasteiger charge is 2.51. The summed E-state index contributed by atoms with van der Waals surface area (Å²) in [7, 11) is 0. The molecule has 1 saturated carbocycles. The molecule has 1 aromatic rings. The lowest BCUT2D eigenvalue weighted by Gasteiger charge is -2.23. The summed E-state index contributed by atoms with van der Waals surface area (Å²) < 4.78 is 5.21. The molecule has 8 heteroatoms. The zero-order valence-corrected chi connectivity index (χ0v) is 16.6. The van der Waals surface area contributed by atoms with E-state index in [0.29, 0.717) is 23.6 Å². The Morgan fingerprint density at radius 2 is 1.61 bits per heavy atom. The maximum Gasteiger partial charge on any atom is 0.329 e. The average Bonchev–Trinajstić information content (AvgIpc) is 2.93. The molecule has 0 aromatic heterocycles. The van der Waals surface area contributed by atoms with Crippen LogP contribution in [0.1, 0.15) is 39.5 Å². The van der Waals surface area contributed by atoms with Crippen LogP contribution in [0.2, 0.25) is 5.02 Å². The first-order valence-corrected chi connectivity index (χ1v) is 9.81. The van der Waals surface area contributed by atoms with Gasteiger partial charge in [-0.2, -0.15) is 0 Å². The molecular formula is C20H23ClN2O5. The summed E-state index contributed by atoms with van der Waals surface area (Å²) in [6.07, 6.45) is 2.09. The summed E-state index contributed by atoms with van der Waals surface area (Å²) in [5, 5.41) is 3.15. The van der Waals surface area contributed by atoms with Crippen LogP contribution in [0.15, 0.2) is 24.3 Å². The maximum absolute atomic E-state index is 12.6. The summed E-state index contributed by atoms with van der Waals surface area (Å²) in [5.41, 5.74) is 0.513. The fraction of sp³-hybridized carbons (Fsp3) is 0.500. The van der Waals surface area contributed by atoms with Gasteiger partial charge in [0.25, 0.3) is 5.91 Å². The highest BCUT2D eigenvalue weighted by Crippen LogP contribution is 2.38. The molecule has 7 nitrogen and oxygen atoms in total. The second-order valence-corrected chi connectivity index (χ2v) is 7.73. The Labute approximate surface area is 168 Å². The van der Waals surface area contributed by atoms with Crippen molar-refractivity contribution in [3.63, 3.8) is 0 Å². The van der Waals surface area contributed by atoms with Crippen LogP contribution >= 0.6 is 11.6 Å². The van der Waals surface area contributed by atoms with Crippen molar-refractivity contribution in [1.82, 2.24) is 4.90 Å². The van der Waals surface area contributed by atoms with Crippen molar-refractivity contribution in [2.24, 2.45) is 11.8 Å². The minimum atomic E-state index is -1.08. The number of nitrogens with zero attached hydrogens (tertiary/aromatic N) is 1. The first-order chi connectivity index (χ1) is 13.3. The molecule has 0 bridgehead atoms. The van der Waals surface area contributed by atoms with Crippen molar-refractivity contribution in [2.45, 2.75) is 51.7 Å². The van der Waals surface area contributed by atoms with Crippen LogP contribution in [-0.4, -0.2) is 40.7 Å². The molecule has 28 heavy (non-hydrogen) atoms. The van der Waals surface area contributed by atoms with E-state index in [4.69, 9.17) is 16.3 Å². The van der Waals surface area contributed by atoms with Gasteiger partial charge < -0.3 is 10.1 Å². The second kappa shape index (κ2) is 8.31. The number of hydrogen-bond donors (Lipinski definition) is 1. The number of ether oxygens (including phenoxy) is 1. The van der Waals surface area contributed by atoms with E-state index in [9.17, 15) is 19.2 Å². The highest BCUT2D eigenvalue weighted by molar-refractivity contribution is 6.30. The number of likely N-dealkylation sites (tertiary alicyclic amines) is 1. The Morgan fingerprint density at radius 3 is 2.14 bits per heavy atom. The number of halogens is 1. The predicted molar refractivity (Wildman–Crippen MR) is 102 cm³/mol. The van der Waals surface area contributed by atoms with Crippen LogP contribution in [0.3, 0.4) is 0 Å². The Balaban J connectivity index is 1.60. The van der Waals surface area contributed by atoms with E-state index >= 15 is 0 Å². The van der Waals surface area contributed by atoms with E-state index in [1.165, 1.54) is 13.8 Å². The van der Waals surface area contributed by atoms with Gasteiger partial charge in [-0.3, -0.25) is 19.3 Å². The number of carbonyl (C=O) groups is 4. The lowest BCUT2D eigenvalue weighted by molar-refractivity contribution is -0.163. The third-order valence-electron chi connectivity index (χ3n) is 5.38. The minimum absolute atomic E-state index is 0.308. The lowest BCUT2D eigenvalue weighted by atomic mass is 9.81. The van der Waals surface area contributed by atoms with Crippen LogP contribution < -0.4 is 5.32 Å². The zero-order valence-electron chi connectivity index (χ0n) is 15.8. The predicted octanol–water partition coefficient (Wildman–Crippen LogP) is 2.77. The molecule has 1 saturated heterocycles. The van der Waals surface area contributed by atoms with Gasteiger partial charge in [-0.25, -0.2) is 4.79 Å². The van der Waals surface area contributed by atoms with Gasteiger partial charge in [0.2, 0.25) is 11.8 Å². The molecule has 150 valence electrons. The van der Waals surface area contributed by atoms with E-state index in [-0.39, 0.29) is 23.7 Å². The molecule has 2 fully saturated rings. The number of amides is 3. The van der Waals surface area contributed by atoms with Gasteiger partial charge in [-0.1, -0.05) is 24.4 Å². The number of anilines is 1. The van der Waals surface area contributed by atoms with Crippen molar-refractivity contribution < 1.29 is 23.9 Å². The summed E-state index contributed by atoms with van der Waals surface area (Å²) in [6, 6.07) is 5.44. The molecular weight excluding hydrogens is 384 g/mol. The van der Waals surface area contributed by atoms with Gasteiger partial charge in [0.05, 0.1) is 11.8 Å².